The van der Waals surface area contributed by atoms with E-state index in [1.165, 1.54) is 0 Å². The van der Waals surface area contributed by atoms with Crippen molar-refractivity contribution in [2.24, 2.45) is 0 Å². The van der Waals surface area contributed by atoms with Crippen LogP contribution in [0.1, 0.15) is 31.9 Å². The highest BCUT2D eigenvalue weighted by atomic mass is 79.9. The number of rotatable bonds is 6. The largest absolute Gasteiger partial charge is 0.386 e. The lowest BCUT2D eigenvalue weighted by Crippen LogP contribution is -2.39. The van der Waals surface area contributed by atoms with Gasteiger partial charge in [-0.05, 0) is 31.5 Å². The molecule has 3 N–H and O–H groups in total. The van der Waals surface area contributed by atoms with E-state index in [1.54, 1.807) is 26.0 Å². The van der Waals surface area contributed by atoms with Crippen molar-refractivity contribution >= 4 is 27.7 Å². The van der Waals surface area contributed by atoms with Crippen molar-refractivity contribution in [2.75, 3.05) is 6.54 Å². The molecular formula is C14H19BrN2O3. The van der Waals surface area contributed by atoms with Gasteiger partial charge in [0.05, 0.1) is 12.1 Å². The molecule has 2 atom stereocenters. The zero-order valence-corrected chi connectivity index (χ0v) is 13.1. The first-order chi connectivity index (χ1) is 9.43. The number of halogens is 1. The molecule has 0 saturated carbocycles. The summed E-state index contributed by atoms with van der Waals surface area (Å²) in [4.78, 5) is 22.9. The van der Waals surface area contributed by atoms with Crippen LogP contribution in [0.5, 0.6) is 0 Å². The van der Waals surface area contributed by atoms with Crippen LogP contribution in [-0.2, 0) is 9.59 Å². The Morgan fingerprint density at radius 3 is 2.40 bits per heavy atom. The first-order valence-electron chi connectivity index (χ1n) is 6.43. The normalized spacial score (nSPS) is 13.4. The Hall–Kier alpha value is -1.40. The van der Waals surface area contributed by atoms with Gasteiger partial charge in [0.1, 0.15) is 6.42 Å². The summed E-state index contributed by atoms with van der Waals surface area (Å²) < 4.78 is 0.918. The third-order valence-corrected chi connectivity index (χ3v) is 3.30. The maximum Gasteiger partial charge on any atom is 0.229 e. The predicted molar refractivity (Wildman–Crippen MR) is 80.0 cm³/mol. The van der Waals surface area contributed by atoms with Crippen LogP contribution in [0.15, 0.2) is 28.7 Å². The van der Waals surface area contributed by atoms with Gasteiger partial charge in [-0.25, -0.2) is 0 Å². The van der Waals surface area contributed by atoms with Gasteiger partial charge >= 0.3 is 0 Å². The van der Waals surface area contributed by atoms with Gasteiger partial charge in [0.25, 0.3) is 0 Å². The number of hydrogen-bond donors (Lipinski definition) is 3. The lowest BCUT2D eigenvalue weighted by Gasteiger charge is -2.20. The maximum absolute atomic E-state index is 11.6. The average Bonchev–Trinajstić information content (AvgIpc) is 2.38. The first-order valence-corrected chi connectivity index (χ1v) is 7.23. The molecule has 0 aliphatic carbocycles. The summed E-state index contributed by atoms with van der Waals surface area (Å²) in [5.41, 5.74) is 0.707. The molecule has 5 nitrogen and oxygen atoms in total. The number of amides is 2. The van der Waals surface area contributed by atoms with E-state index in [1.807, 2.05) is 12.1 Å². The molecule has 1 aromatic rings. The van der Waals surface area contributed by atoms with Crippen LogP contribution in [0.2, 0.25) is 0 Å². The van der Waals surface area contributed by atoms with Crippen molar-refractivity contribution in [1.29, 1.82) is 0 Å². The molecule has 0 saturated heterocycles. The highest BCUT2D eigenvalue weighted by Gasteiger charge is 2.19. The van der Waals surface area contributed by atoms with Gasteiger partial charge in [-0.1, -0.05) is 28.1 Å². The summed E-state index contributed by atoms with van der Waals surface area (Å²) in [6.07, 6.45) is -1.05. The zero-order valence-electron chi connectivity index (χ0n) is 11.5. The van der Waals surface area contributed by atoms with Gasteiger partial charge in [0.15, 0.2) is 0 Å². The van der Waals surface area contributed by atoms with Gasteiger partial charge in [0.2, 0.25) is 11.8 Å². The summed E-state index contributed by atoms with van der Waals surface area (Å²) in [6.45, 7) is 3.97. The Morgan fingerprint density at radius 1 is 1.25 bits per heavy atom. The fourth-order valence-corrected chi connectivity index (χ4v) is 2.00. The lowest BCUT2D eigenvalue weighted by atomic mass is 10.0. The number of carbonyl (C=O) groups is 2. The number of nitrogens with one attached hydrogen (secondary N) is 2. The lowest BCUT2D eigenvalue weighted by molar-refractivity contribution is -0.130. The Labute approximate surface area is 126 Å². The van der Waals surface area contributed by atoms with E-state index in [9.17, 15) is 14.7 Å². The van der Waals surface area contributed by atoms with Crippen molar-refractivity contribution in [3.63, 3.8) is 0 Å². The number of aliphatic hydroxyl groups is 1. The topological polar surface area (TPSA) is 78.4 Å². The highest BCUT2D eigenvalue weighted by molar-refractivity contribution is 9.10. The molecule has 0 aliphatic heterocycles. The Morgan fingerprint density at radius 2 is 1.85 bits per heavy atom. The monoisotopic (exact) mass is 342 g/mol. The standard InChI is InChI=1S/C14H19BrN2O3/c1-3-16-12(18)8-13(19)17-9(2)14(20)10-4-6-11(15)7-5-10/h4-7,9,14,20H,3,8H2,1-2H3,(H,16,18)(H,17,19). The van der Waals surface area contributed by atoms with E-state index in [0.29, 0.717) is 12.1 Å². The molecular weight excluding hydrogens is 324 g/mol. The summed E-state index contributed by atoms with van der Waals surface area (Å²) in [5, 5.41) is 15.3. The third-order valence-electron chi connectivity index (χ3n) is 2.77. The molecule has 0 radical (unpaired) electrons. The summed E-state index contributed by atoms with van der Waals surface area (Å²) in [6, 6.07) is 6.73. The van der Waals surface area contributed by atoms with Gasteiger partial charge in [-0.3, -0.25) is 9.59 Å². The molecule has 0 bridgehead atoms. The average molecular weight is 343 g/mol. The molecule has 0 spiro atoms. The van der Waals surface area contributed by atoms with Crippen LogP contribution in [0.4, 0.5) is 0 Å². The predicted octanol–water partition coefficient (Wildman–Crippen LogP) is 1.51. The van der Waals surface area contributed by atoms with E-state index >= 15 is 0 Å². The van der Waals surface area contributed by atoms with Crippen LogP contribution in [0, 0.1) is 0 Å². The van der Waals surface area contributed by atoms with Crippen molar-refractivity contribution < 1.29 is 14.7 Å². The molecule has 1 rings (SSSR count). The minimum absolute atomic E-state index is 0.231. The molecule has 0 fully saturated rings. The second kappa shape index (κ2) is 8.01. The number of hydrogen-bond acceptors (Lipinski definition) is 3. The summed E-state index contributed by atoms with van der Waals surface area (Å²) >= 11 is 3.32. The molecule has 20 heavy (non-hydrogen) atoms. The molecule has 110 valence electrons. The first kappa shape index (κ1) is 16.7. The van der Waals surface area contributed by atoms with Gasteiger partial charge in [-0.15, -0.1) is 0 Å². The Bertz CT molecular complexity index is 462. The smallest absolute Gasteiger partial charge is 0.229 e. The zero-order chi connectivity index (χ0) is 15.1. The van der Waals surface area contributed by atoms with Gasteiger partial charge in [-0.2, -0.15) is 0 Å². The summed E-state index contributed by atoms with van der Waals surface area (Å²) in [7, 11) is 0. The second-order valence-electron chi connectivity index (χ2n) is 4.48. The summed E-state index contributed by atoms with van der Waals surface area (Å²) in [5.74, 6) is -0.727. The van der Waals surface area contributed by atoms with Crippen LogP contribution in [0.25, 0.3) is 0 Å². The minimum Gasteiger partial charge on any atom is -0.386 e. The van der Waals surface area contributed by atoms with Crippen LogP contribution in [0.3, 0.4) is 0 Å². The third kappa shape index (κ3) is 5.30. The van der Waals surface area contributed by atoms with Crippen molar-refractivity contribution in [3.8, 4) is 0 Å². The molecule has 0 heterocycles. The SMILES string of the molecule is CCNC(=O)CC(=O)NC(C)C(O)c1ccc(Br)cc1. The molecule has 1 aromatic carbocycles. The number of benzene rings is 1. The van der Waals surface area contributed by atoms with Crippen molar-refractivity contribution in [3.05, 3.63) is 34.3 Å². The quantitative estimate of drug-likeness (QED) is 0.685. The maximum atomic E-state index is 11.6. The van der Waals surface area contributed by atoms with Crippen molar-refractivity contribution in [1.82, 2.24) is 10.6 Å². The number of carbonyl (C=O) groups excluding carboxylic acids is 2. The van der Waals surface area contributed by atoms with E-state index in [4.69, 9.17) is 0 Å². The second-order valence-corrected chi connectivity index (χ2v) is 5.40. The molecule has 2 unspecified atom stereocenters. The van der Waals surface area contributed by atoms with Crippen LogP contribution >= 0.6 is 15.9 Å². The van der Waals surface area contributed by atoms with Gasteiger partial charge < -0.3 is 15.7 Å². The van der Waals surface area contributed by atoms with Crippen LogP contribution in [-0.4, -0.2) is 29.5 Å². The Balaban J connectivity index is 2.53. The van der Waals surface area contributed by atoms with Crippen molar-refractivity contribution in [2.45, 2.75) is 32.4 Å². The molecule has 2 amide bonds. The van der Waals surface area contributed by atoms with Crippen LogP contribution < -0.4 is 10.6 Å². The molecule has 0 aromatic heterocycles. The van der Waals surface area contributed by atoms with E-state index in [2.05, 4.69) is 26.6 Å². The fourth-order valence-electron chi connectivity index (χ4n) is 1.74. The Kier molecular flexibility index (Phi) is 6.67. The van der Waals surface area contributed by atoms with Gasteiger partial charge in [0, 0.05) is 11.0 Å². The molecule has 0 aliphatic rings. The fraction of sp³-hybridized carbons (Fsp3) is 0.429. The van der Waals surface area contributed by atoms with E-state index in [0.717, 1.165) is 4.47 Å². The minimum atomic E-state index is -0.818. The molecule has 6 heteroatoms. The van der Waals surface area contributed by atoms with E-state index in [-0.39, 0.29) is 12.3 Å². The number of aliphatic hydroxyl groups excluding tert-OH is 1. The van der Waals surface area contributed by atoms with E-state index < -0.39 is 18.1 Å². The highest BCUT2D eigenvalue weighted by Crippen LogP contribution is 2.19.